The maximum Gasteiger partial charge on any atom is 0.341 e. The van der Waals surface area contributed by atoms with Crippen LogP contribution in [0.15, 0.2) is 17.1 Å². The van der Waals surface area contributed by atoms with Crippen LogP contribution in [-0.4, -0.2) is 54.1 Å². The summed E-state index contributed by atoms with van der Waals surface area (Å²) >= 11 is 0. The van der Waals surface area contributed by atoms with Gasteiger partial charge in [0, 0.05) is 24.7 Å². The molecule has 146 valence electrons. The number of benzene rings is 1. The monoisotopic (exact) mass is 379 g/mol. The van der Waals surface area contributed by atoms with Crippen LogP contribution >= 0.6 is 0 Å². The lowest BCUT2D eigenvalue weighted by Gasteiger charge is -2.25. The Morgan fingerprint density at radius 2 is 2.22 bits per heavy atom. The van der Waals surface area contributed by atoms with Gasteiger partial charge >= 0.3 is 5.97 Å². The second-order valence-corrected chi connectivity index (χ2v) is 7.32. The number of aromatic carboxylic acids is 1. The van der Waals surface area contributed by atoms with E-state index in [2.05, 4.69) is 10.3 Å². The number of nitrogens with one attached hydrogen (secondary N) is 2. The lowest BCUT2D eigenvalue weighted by Crippen LogP contribution is -2.27. The number of carboxylic acids is 1. The number of β-amino-alcohol motifs (C(OH)–C–C–N with tert-alkyl or cyclic N) is 1. The van der Waals surface area contributed by atoms with Crippen molar-refractivity contribution in [2.75, 3.05) is 31.8 Å². The predicted octanol–water partition coefficient (Wildman–Crippen LogP) is 1.13. The Morgan fingerprint density at radius 1 is 1.52 bits per heavy atom. The quantitative estimate of drug-likeness (QED) is 0.576. The van der Waals surface area contributed by atoms with Gasteiger partial charge in [0.15, 0.2) is 11.6 Å². The summed E-state index contributed by atoms with van der Waals surface area (Å²) in [5.74, 6) is -2.02. The lowest BCUT2D eigenvalue weighted by atomic mass is 9.90. The average Bonchev–Trinajstić information content (AvgIpc) is 2.85. The number of aliphatic hydroxyl groups excluding tert-OH is 1. The van der Waals surface area contributed by atoms with Gasteiger partial charge in [-0.3, -0.25) is 10.1 Å². The van der Waals surface area contributed by atoms with Gasteiger partial charge in [-0.25, -0.2) is 9.18 Å². The van der Waals surface area contributed by atoms with E-state index >= 15 is 4.39 Å². The molecule has 1 aromatic heterocycles. The van der Waals surface area contributed by atoms with E-state index in [9.17, 15) is 14.7 Å². The van der Waals surface area contributed by atoms with E-state index < -0.39 is 34.3 Å². The smallest absolute Gasteiger partial charge is 0.341 e. The molecule has 9 heteroatoms. The van der Waals surface area contributed by atoms with Crippen molar-refractivity contribution >= 4 is 22.6 Å². The van der Waals surface area contributed by atoms with Crippen molar-refractivity contribution < 1.29 is 24.1 Å². The molecule has 8 nitrogen and oxygen atoms in total. The number of pyridine rings is 1. The standard InChI is InChI=1S/C18H22FN3O5/c1-18(2)7-22(6-12(18)23)14-11(19)4-9-13(16(14)27-8-20-3)21-5-10(15(9)24)17(25)26/h4-5,12,20,23H,6-8H2,1-3H3,(H,21,24)(H,25,26). The normalized spacial score (nSPS) is 18.9. The number of aromatic nitrogens is 1. The molecule has 0 aliphatic carbocycles. The second-order valence-electron chi connectivity index (χ2n) is 7.32. The van der Waals surface area contributed by atoms with Crippen LogP contribution in [0.4, 0.5) is 10.1 Å². The number of anilines is 1. The fraction of sp³-hybridized carbons (Fsp3) is 0.444. The van der Waals surface area contributed by atoms with Gasteiger partial charge in [0.25, 0.3) is 0 Å². The van der Waals surface area contributed by atoms with Crippen LogP contribution in [0, 0.1) is 11.2 Å². The first-order valence-corrected chi connectivity index (χ1v) is 8.49. The number of aromatic amines is 1. The Bertz CT molecular complexity index is 956. The molecule has 1 saturated heterocycles. The van der Waals surface area contributed by atoms with Gasteiger partial charge < -0.3 is 24.8 Å². The number of hydrogen-bond donors (Lipinski definition) is 4. The van der Waals surface area contributed by atoms with Gasteiger partial charge in [0.05, 0.1) is 17.0 Å². The summed E-state index contributed by atoms with van der Waals surface area (Å²) in [6, 6.07) is 1.01. The molecule has 1 aromatic carbocycles. The zero-order valence-corrected chi connectivity index (χ0v) is 15.3. The van der Waals surface area contributed by atoms with Gasteiger partial charge in [0.2, 0.25) is 5.43 Å². The number of rotatable bonds is 5. The molecule has 0 radical (unpaired) electrons. The molecular weight excluding hydrogens is 357 g/mol. The van der Waals surface area contributed by atoms with Crippen molar-refractivity contribution in [1.82, 2.24) is 10.3 Å². The minimum absolute atomic E-state index is 0.0497. The van der Waals surface area contributed by atoms with Crippen molar-refractivity contribution in [3.8, 4) is 5.75 Å². The summed E-state index contributed by atoms with van der Waals surface area (Å²) in [6.07, 6.45) is 0.419. The van der Waals surface area contributed by atoms with Crippen LogP contribution in [0.3, 0.4) is 0 Å². The molecule has 2 aromatic rings. The summed E-state index contributed by atoms with van der Waals surface area (Å²) in [6.45, 7) is 4.41. The second kappa shape index (κ2) is 6.82. The van der Waals surface area contributed by atoms with E-state index in [0.29, 0.717) is 6.54 Å². The highest BCUT2D eigenvalue weighted by atomic mass is 19.1. The fourth-order valence-electron chi connectivity index (χ4n) is 3.32. The van der Waals surface area contributed by atoms with Crippen LogP contribution in [0.25, 0.3) is 10.9 Å². The molecule has 0 amide bonds. The number of ether oxygens (including phenoxy) is 1. The molecule has 0 spiro atoms. The molecular formula is C18H22FN3O5. The zero-order valence-electron chi connectivity index (χ0n) is 15.3. The highest BCUT2D eigenvalue weighted by Crippen LogP contribution is 2.42. The predicted molar refractivity (Wildman–Crippen MR) is 98.0 cm³/mol. The van der Waals surface area contributed by atoms with Crippen LogP contribution in [0.1, 0.15) is 24.2 Å². The number of hydrogen-bond acceptors (Lipinski definition) is 6. The summed E-state index contributed by atoms with van der Waals surface area (Å²) < 4.78 is 20.7. The first-order valence-electron chi connectivity index (χ1n) is 8.49. The maximum atomic E-state index is 15.0. The molecule has 2 heterocycles. The van der Waals surface area contributed by atoms with Crippen LogP contribution in [0.2, 0.25) is 0 Å². The minimum atomic E-state index is -1.40. The molecule has 1 aliphatic heterocycles. The molecule has 1 fully saturated rings. The van der Waals surface area contributed by atoms with Gasteiger partial charge in [-0.2, -0.15) is 0 Å². The maximum absolute atomic E-state index is 15.0. The number of aliphatic hydroxyl groups is 1. The Labute approximate surface area is 154 Å². The number of H-pyrrole nitrogens is 1. The van der Waals surface area contributed by atoms with E-state index in [0.717, 1.165) is 12.3 Å². The lowest BCUT2D eigenvalue weighted by molar-refractivity contribution is 0.0695. The summed E-state index contributed by atoms with van der Waals surface area (Å²) in [4.78, 5) is 28.1. The SMILES string of the molecule is CNCOc1c(N2CC(O)C(C)(C)C2)c(F)cc2c(=O)c(C(=O)O)c[nH]c12. The first-order chi connectivity index (χ1) is 12.7. The molecule has 4 N–H and O–H groups in total. The molecule has 1 unspecified atom stereocenters. The van der Waals surface area contributed by atoms with Gasteiger partial charge in [-0.15, -0.1) is 0 Å². The largest absolute Gasteiger partial charge is 0.477 e. The van der Waals surface area contributed by atoms with Gasteiger partial charge in [-0.1, -0.05) is 13.8 Å². The molecule has 27 heavy (non-hydrogen) atoms. The third kappa shape index (κ3) is 3.24. The van der Waals surface area contributed by atoms with Crippen LogP contribution in [-0.2, 0) is 0 Å². The number of halogens is 1. The highest BCUT2D eigenvalue weighted by molar-refractivity contribution is 5.96. The Morgan fingerprint density at radius 3 is 2.78 bits per heavy atom. The topological polar surface area (TPSA) is 115 Å². The van der Waals surface area contributed by atoms with Crippen molar-refractivity contribution in [1.29, 1.82) is 0 Å². The van der Waals surface area contributed by atoms with E-state index in [4.69, 9.17) is 9.84 Å². The van der Waals surface area contributed by atoms with Crippen molar-refractivity contribution in [3.63, 3.8) is 0 Å². The van der Waals surface area contributed by atoms with E-state index in [1.807, 2.05) is 13.8 Å². The molecule has 1 atom stereocenters. The molecule has 0 saturated carbocycles. The Hall–Kier alpha value is -2.65. The minimum Gasteiger partial charge on any atom is -0.477 e. The number of carbonyl (C=O) groups is 1. The Balaban J connectivity index is 2.25. The van der Waals surface area contributed by atoms with Crippen molar-refractivity contribution in [2.45, 2.75) is 20.0 Å². The third-order valence-corrected chi connectivity index (χ3v) is 4.86. The van der Waals surface area contributed by atoms with Gasteiger partial charge in [0.1, 0.15) is 18.0 Å². The summed E-state index contributed by atoms with van der Waals surface area (Å²) in [5.41, 5.74) is -1.39. The van der Waals surface area contributed by atoms with Crippen LogP contribution in [0.5, 0.6) is 5.75 Å². The molecule has 3 rings (SSSR count). The van der Waals surface area contributed by atoms with E-state index in [1.165, 1.54) is 0 Å². The van der Waals surface area contributed by atoms with Crippen LogP contribution < -0.4 is 20.4 Å². The van der Waals surface area contributed by atoms with Gasteiger partial charge in [-0.05, 0) is 13.1 Å². The van der Waals surface area contributed by atoms with Crippen molar-refractivity contribution in [2.24, 2.45) is 5.41 Å². The number of carboxylic acid groups (broad SMARTS) is 1. The van der Waals surface area contributed by atoms with Crippen molar-refractivity contribution in [3.05, 3.63) is 33.9 Å². The molecule has 1 aliphatic rings. The Kier molecular flexibility index (Phi) is 4.83. The third-order valence-electron chi connectivity index (χ3n) is 4.86. The zero-order chi connectivity index (χ0) is 19.9. The summed E-state index contributed by atoms with van der Waals surface area (Å²) in [5, 5.41) is 22.1. The summed E-state index contributed by atoms with van der Waals surface area (Å²) in [7, 11) is 1.65. The average molecular weight is 379 g/mol. The van der Waals surface area contributed by atoms with E-state index in [1.54, 1.807) is 11.9 Å². The van der Waals surface area contributed by atoms with E-state index in [-0.39, 0.29) is 35.6 Å². The highest BCUT2D eigenvalue weighted by Gasteiger charge is 2.40. The number of fused-ring (bicyclic) bond motifs is 1. The fourth-order valence-corrected chi connectivity index (χ4v) is 3.32. The number of nitrogens with zero attached hydrogens (tertiary/aromatic N) is 1. The first kappa shape index (κ1) is 19.1. The molecule has 0 bridgehead atoms.